The number of methoxy groups -OCH3 is 1. The maximum atomic E-state index is 12.1. The van der Waals surface area contributed by atoms with Crippen LogP contribution >= 0.6 is 11.6 Å². The fraction of sp³-hybridized carbons (Fsp3) is 0.278. The molecule has 0 aliphatic rings. The van der Waals surface area contributed by atoms with Gasteiger partial charge in [-0.05, 0) is 48.9 Å². The summed E-state index contributed by atoms with van der Waals surface area (Å²) in [5.74, 6) is 0.517. The first-order valence-electron chi connectivity index (χ1n) is 7.97. The predicted molar refractivity (Wildman–Crippen MR) is 104 cm³/mol. The van der Waals surface area contributed by atoms with Crippen LogP contribution in [0.3, 0.4) is 0 Å². The zero-order valence-corrected chi connectivity index (χ0v) is 16.2. The highest BCUT2D eigenvalue weighted by Gasteiger charge is 2.17. The summed E-state index contributed by atoms with van der Waals surface area (Å²) >= 11 is 5.94. The number of hydrogen-bond donors (Lipinski definition) is 1. The number of nitrogens with zero attached hydrogens (tertiary/aromatic N) is 1. The molecule has 1 N–H and O–H groups in total. The smallest absolute Gasteiger partial charge is 0.232 e. The van der Waals surface area contributed by atoms with E-state index in [2.05, 4.69) is 5.32 Å². The van der Waals surface area contributed by atoms with E-state index in [9.17, 15) is 13.2 Å². The molecule has 26 heavy (non-hydrogen) atoms. The number of halogens is 1. The van der Waals surface area contributed by atoms with Crippen molar-refractivity contribution in [1.29, 1.82) is 0 Å². The lowest BCUT2D eigenvalue weighted by Crippen LogP contribution is -2.31. The summed E-state index contributed by atoms with van der Waals surface area (Å²) in [4.78, 5) is 12.1. The van der Waals surface area contributed by atoms with Gasteiger partial charge in [0.2, 0.25) is 15.9 Å². The number of ether oxygens (including phenoxy) is 1. The summed E-state index contributed by atoms with van der Waals surface area (Å²) in [7, 11) is -1.90. The molecule has 0 aliphatic heterocycles. The molecule has 2 aromatic carbocycles. The fourth-order valence-corrected chi connectivity index (χ4v) is 3.54. The Labute approximate surface area is 158 Å². The van der Waals surface area contributed by atoms with Gasteiger partial charge in [-0.25, -0.2) is 8.42 Å². The quantitative estimate of drug-likeness (QED) is 0.740. The molecule has 0 aliphatic carbocycles. The highest BCUT2D eigenvalue weighted by molar-refractivity contribution is 7.92. The largest absolute Gasteiger partial charge is 0.497 e. The van der Waals surface area contributed by atoms with Crippen molar-refractivity contribution in [2.45, 2.75) is 12.8 Å². The second kappa shape index (κ2) is 8.91. The highest BCUT2D eigenvalue weighted by atomic mass is 35.5. The zero-order chi connectivity index (χ0) is 19.2. The van der Waals surface area contributed by atoms with E-state index < -0.39 is 10.0 Å². The summed E-state index contributed by atoms with van der Waals surface area (Å²) in [6.07, 6.45) is 1.70. The van der Waals surface area contributed by atoms with Crippen LogP contribution in [0.2, 0.25) is 5.02 Å². The molecule has 0 spiro atoms. The van der Waals surface area contributed by atoms with Crippen LogP contribution in [0.4, 0.5) is 11.4 Å². The molecule has 2 aromatic rings. The molecule has 0 fully saturated rings. The monoisotopic (exact) mass is 396 g/mol. The first-order chi connectivity index (χ1) is 12.3. The number of benzene rings is 2. The van der Waals surface area contributed by atoms with Crippen molar-refractivity contribution in [3.8, 4) is 5.75 Å². The van der Waals surface area contributed by atoms with Gasteiger partial charge < -0.3 is 10.1 Å². The Balaban J connectivity index is 1.93. The Hall–Kier alpha value is -2.25. The number of amides is 1. The van der Waals surface area contributed by atoms with E-state index in [0.29, 0.717) is 28.6 Å². The molecule has 6 nitrogen and oxygen atoms in total. The lowest BCUT2D eigenvalue weighted by Gasteiger charge is -2.22. The minimum atomic E-state index is -3.47. The van der Waals surface area contributed by atoms with Gasteiger partial charge >= 0.3 is 0 Å². The Morgan fingerprint density at radius 1 is 1.19 bits per heavy atom. The van der Waals surface area contributed by atoms with Gasteiger partial charge in [-0.2, -0.15) is 0 Å². The number of carbonyl (C=O) groups excluding carboxylic acids is 1. The molecule has 0 radical (unpaired) electrons. The lowest BCUT2D eigenvalue weighted by molar-refractivity contribution is -0.116. The molecule has 0 saturated heterocycles. The van der Waals surface area contributed by atoms with Gasteiger partial charge in [0.1, 0.15) is 5.75 Å². The molecule has 2 rings (SSSR count). The average molecular weight is 397 g/mol. The summed E-state index contributed by atoms with van der Waals surface area (Å²) in [6, 6.07) is 13.6. The molecule has 140 valence electrons. The minimum Gasteiger partial charge on any atom is -0.497 e. The molecule has 0 heterocycles. The van der Waals surface area contributed by atoms with E-state index in [1.54, 1.807) is 55.6 Å². The Kier molecular flexibility index (Phi) is 6.88. The van der Waals surface area contributed by atoms with Crippen LogP contribution in [0.15, 0.2) is 48.5 Å². The third kappa shape index (κ3) is 5.93. The number of rotatable bonds is 8. The molecule has 1 amide bonds. The molecular weight excluding hydrogens is 376 g/mol. The molecular formula is C18H21ClN2O4S. The van der Waals surface area contributed by atoms with Crippen molar-refractivity contribution in [3.05, 3.63) is 53.6 Å². The van der Waals surface area contributed by atoms with E-state index in [1.165, 1.54) is 4.31 Å². The van der Waals surface area contributed by atoms with Gasteiger partial charge in [-0.1, -0.05) is 17.7 Å². The molecule has 8 heteroatoms. The SMILES string of the molecule is COc1ccc(NC(=O)CCCN(c2cccc(Cl)c2)S(C)(=O)=O)cc1. The zero-order valence-electron chi connectivity index (χ0n) is 14.6. The van der Waals surface area contributed by atoms with Crippen LogP contribution in [-0.4, -0.2) is 34.2 Å². The van der Waals surface area contributed by atoms with Gasteiger partial charge in [0, 0.05) is 23.7 Å². The third-order valence-corrected chi connectivity index (χ3v) is 5.06. The van der Waals surface area contributed by atoms with E-state index in [-0.39, 0.29) is 18.9 Å². The van der Waals surface area contributed by atoms with E-state index in [1.807, 2.05) is 0 Å². The van der Waals surface area contributed by atoms with Crippen LogP contribution in [0.5, 0.6) is 5.75 Å². The molecule has 0 unspecified atom stereocenters. The summed E-state index contributed by atoms with van der Waals surface area (Å²) in [6.45, 7) is 0.190. The van der Waals surface area contributed by atoms with Crippen molar-refractivity contribution in [2.75, 3.05) is 29.5 Å². The number of nitrogens with one attached hydrogen (secondary N) is 1. The Bertz CT molecular complexity index is 854. The van der Waals surface area contributed by atoms with Crippen LogP contribution in [0, 0.1) is 0 Å². The first kappa shape index (κ1) is 20.1. The van der Waals surface area contributed by atoms with Crippen LogP contribution in [-0.2, 0) is 14.8 Å². The number of sulfonamides is 1. The maximum Gasteiger partial charge on any atom is 0.232 e. The first-order valence-corrected chi connectivity index (χ1v) is 10.2. The molecule has 0 atom stereocenters. The van der Waals surface area contributed by atoms with Crippen LogP contribution in [0.1, 0.15) is 12.8 Å². The Morgan fingerprint density at radius 3 is 2.46 bits per heavy atom. The van der Waals surface area contributed by atoms with E-state index >= 15 is 0 Å². The number of anilines is 2. The predicted octanol–water partition coefficient (Wildman–Crippen LogP) is 3.53. The number of carbonyl (C=O) groups is 1. The van der Waals surface area contributed by atoms with Gasteiger partial charge in [0.15, 0.2) is 0 Å². The number of hydrogen-bond acceptors (Lipinski definition) is 4. The highest BCUT2D eigenvalue weighted by Crippen LogP contribution is 2.22. The van der Waals surface area contributed by atoms with Crippen molar-refractivity contribution >= 4 is 38.9 Å². The summed E-state index contributed by atoms with van der Waals surface area (Å²) in [5, 5.41) is 3.22. The Morgan fingerprint density at radius 2 is 1.88 bits per heavy atom. The second-order valence-electron chi connectivity index (χ2n) is 5.70. The average Bonchev–Trinajstić information content (AvgIpc) is 2.58. The standard InChI is InChI=1S/C18H21ClN2O4S/c1-25-17-10-8-15(9-11-17)20-18(22)7-4-12-21(26(2,23)24)16-6-3-5-14(19)13-16/h3,5-6,8-11,13H,4,7,12H2,1-2H3,(H,20,22). The van der Waals surface area contributed by atoms with Crippen molar-refractivity contribution in [1.82, 2.24) is 0 Å². The topological polar surface area (TPSA) is 75.7 Å². The molecule has 0 aromatic heterocycles. The van der Waals surface area contributed by atoms with E-state index in [0.717, 1.165) is 6.26 Å². The minimum absolute atomic E-state index is 0.185. The van der Waals surface area contributed by atoms with Gasteiger partial charge in [0.05, 0.1) is 19.1 Å². The van der Waals surface area contributed by atoms with Crippen LogP contribution < -0.4 is 14.4 Å². The summed E-state index contributed by atoms with van der Waals surface area (Å²) < 4.78 is 30.4. The maximum absolute atomic E-state index is 12.1. The fourth-order valence-electron chi connectivity index (χ4n) is 2.40. The normalized spacial score (nSPS) is 11.0. The molecule has 0 bridgehead atoms. The molecule has 0 saturated carbocycles. The second-order valence-corrected chi connectivity index (χ2v) is 8.04. The lowest BCUT2D eigenvalue weighted by atomic mass is 10.2. The van der Waals surface area contributed by atoms with Crippen molar-refractivity contribution in [3.63, 3.8) is 0 Å². The van der Waals surface area contributed by atoms with Crippen LogP contribution in [0.25, 0.3) is 0 Å². The van der Waals surface area contributed by atoms with Gasteiger partial charge in [0.25, 0.3) is 0 Å². The summed E-state index contributed by atoms with van der Waals surface area (Å²) in [5.41, 5.74) is 1.14. The van der Waals surface area contributed by atoms with Gasteiger partial charge in [-0.15, -0.1) is 0 Å². The van der Waals surface area contributed by atoms with E-state index in [4.69, 9.17) is 16.3 Å². The third-order valence-electron chi connectivity index (χ3n) is 3.64. The van der Waals surface area contributed by atoms with Crippen molar-refractivity contribution < 1.29 is 17.9 Å². The van der Waals surface area contributed by atoms with Gasteiger partial charge in [-0.3, -0.25) is 9.10 Å². The van der Waals surface area contributed by atoms with Crippen molar-refractivity contribution in [2.24, 2.45) is 0 Å².